The summed E-state index contributed by atoms with van der Waals surface area (Å²) in [4.78, 5) is 29.3. The molecule has 0 radical (unpaired) electrons. The maximum absolute atomic E-state index is 12.9. The second-order valence-electron chi connectivity index (χ2n) is 6.39. The summed E-state index contributed by atoms with van der Waals surface area (Å²) in [5.74, 6) is -0.338. The second kappa shape index (κ2) is 7.18. The van der Waals surface area contributed by atoms with Crippen LogP contribution >= 0.6 is 0 Å². The summed E-state index contributed by atoms with van der Waals surface area (Å²) in [5, 5.41) is 0. The Bertz CT molecular complexity index is 658. The SMILES string of the molecule is COCCCN1C(=O)C(c2ccc(C)cc2)=C(N2CCCC2)C1=O. The Morgan fingerprint density at radius 3 is 2.33 bits per heavy atom. The molecule has 2 amide bonds. The molecule has 1 aromatic rings. The molecule has 2 aliphatic heterocycles. The third kappa shape index (κ3) is 3.08. The van der Waals surface area contributed by atoms with Crippen LogP contribution in [-0.2, 0) is 14.3 Å². The Balaban J connectivity index is 1.96. The summed E-state index contributed by atoms with van der Waals surface area (Å²) in [6.07, 6.45) is 2.79. The zero-order valence-corrected chi connectivity index (χ0v) is 14.4. The molecule has 1 aromatic carbocycles. The number of imide groups is 1. The van der Waals surface area contributed by atoms with Gasteiger partial charge >= 0.3 is 0 Å². The Kier molecular flexibility index (Phi) is 5.00. The molecule has 0 atom stereocenters. The zero-order chi connectivity index (χ0) is 17.1. The van der Waals surface area contributed by atoms with Crippen molar-refractivity contribution >= 4 is 17.4 Å². The average Bonchev–Trinajstić information content (AvgIpc) is 3.17. The number of methoxy groups -OCH3 is 1. The van der Waals surface area contributed by atoms with Crippen molar-refractivity contribution in [3.05, 3.63) is 41.1 Å². The molecule has 0 bridgehead atoms. The van der Waals surface area contributed by atoms with Crippen molar-refractivity contribution in [3.8, 4) is 0 Å². The highest BCUT2D eigenvalue weighted by Gasteiger charge is 2.41. The summed E-state index contributed by atoms with van der Waals surface area (Å²) in [6, 6.07) is 7.83. The van der Waals surface area contributed by atoms with Gasteiger partial charge in [0.2, 0.25) is 0 Å². The molecule has 0 unspecified atom stereocenters. The summed E-state index contributed by atoms with van der Waals surface area (Å²) < 4.78 is 5.05. The van der Waals surface area contributed by atoms with E-state index >= 15 is 0 Å². The molecule has 1 saturated heterocycles. The molecular weight excluding hydrogens is 304 g/mol. The molecule has 5 nitrogen and oxygen atoms in total. The third-order valence-electron chi connectivity index (χ3n) is 4.64. The molecule has 5 heteroatoms. The van der Waals surface area contributed by atoms with E-state index in [1.54, 1.807) is 7.11 Å². The van der Waals surface area contributed by atoms with Gasteiger partial charge < -0.3 is 9.64 Å². The van der Waals surface area contributed by atoms with Gasteiger partial charge in [0.1, 0.15) is 5.70 Å². The number of likely N-dealkylation sites (tertiary alicyclic amines) is 1. The minimum absolute atomic E-state index is 0.159. The number of hydrogen-bond donors (Lipinski definition) is 0. The van der Waals surface area contributed by atoms with Crippen molar-refractivity contribution in [1.29, 1.82) is 0 Å². The molecular formula is C19H24N2O3. The van der Waals surface area contributed by atoms with E-state index in [-0.39, 0.29) is 11.8 Å². The van der Waals surface area contributed by atoms with Crippen LogP contribution in [0.1, 0.15) is 30.4 Å². The first kappa shape index (κ1) is 16.7. The van der Waals surface area contributed by atoms with Gasteiger partial charge in [-0.1, -0.05) is 29.8 Å². The standard InChI is InChI=1S/C19H24N2O3/c1-14-6-8-15(9-7-14)16-17(20-10-3-4-11-20)19(23)21(18(16)22)12-5-13-24-2/h6-9H,3-5,10-13H2,1-2H3. The van der Waals surface area contributed by atoms with Crippen LogP contribution in [0.5, 0.6) is 0 Å². The van der Waals surface area contributed by atoms with E-state index in [2.05, 4.69) is 4.90 Å². The summed E-state index contributed by atoms with van der Waals surface area (Å²) in [5.41, 5.74) is 3.10. The van der Waals surface area contributed by atoms with Crippen molar-refractivity contribution in [2.75, 3.05) is 33.4 Å². The fraction of sp³-hybridized carbons (Fsp3) is 0.474. The van der Waals surface area contributed by atoms with Gasteiger partial charge in [-0.3, -0.25) is 14.5 Å². The minimum atomic E-state index is -0.179. The molecule has 3 rings (SSSR count). The van der Waals surface area contributed by atoms with Gasteiger partial charge in [-0.15, -0.1) is 0 Å². The van der Waals surface area contributed by atoms with Gasteiger partial charge in [-0.05, 0) is 31.7 Å². The number of hydrogen-bond acceptors (Lipinski definition) is 4. The minimum Gasteiger partial charge on any atom is -0.385 e. The first-order valence-corrected chi connectivity index (χ1v) is 8.55. The first-order valence-electron chi connectivity index (χ1n) is 8.55. The van der Waals surface area contributed by atoms with Crippen LogP contribution in [0.15, 0.2) is 30.0 Å². The number of amides is 2. The number of nitrogens with zero attached hydrogens (tertiary/aromatic N) is 2. The van der Waals surface area contributed by atoms with Gasteiger partial charge in [-0.25, -0.2) is 0 Å². The number of rotatable bonds is 6. The van der Waals surface area contributed by atoms with E-state index in [0.717, 1.165) is 37.1 Å². The number of carbonyl (C=O) groups is 2. The molecule has 0 aromatic heterocycles. The van der Waals surface area contributed by atoms with Crippen LogP contribution in [0.4, 0.5) is 0 Å². The molecule has 0 spiro atoms. The van der Waals surface area contributed by atoms with E-state index in [1.807, 2.05) is 31.2 Å². The largest absolute Gasteiger partial charge is 0.385 e. The monoisotopic (exact) mass is 328 g/mol. The van der Waals surface area contributed by atoms with Crippen molar-refractivity contribution < 1.29 is 14.3 Å². The van der Waals surface area contributed by atoms with E-state index in [0.29, 0.717) is 30.8 Å². The fourth-order valence-electron chi connectivity index (χ4n) is 3.35. The van der Waals surface area contributed by atoms with Gasteiger partial charge in [0.15, 0.2) is 0 Å². The number of carbonyl (C=O) groups excluding carboxylic acids is 2. The lowest BCUT2D eigenvalue weighted by Gasteiger charge is -2.20. The highest BCUT2D eigenvalue weighted by molar-refractivity contribution is 6.35. The van der Waals surface area contributed by atoms with Crippen LogP contribution < -0.4 is 0 Å². The predicted octanol–water partition coefficient (Wildman–Crippen LogP) is 2.21. The number of ether oxygens (including phenoxy) is 1. The Labute approximate surface area is 142 Å². The highest BCUT2D eigenvalue weighted by Crippen LogP contribution is 2.33. The van der Waals surface area contributed by atoms with Crippen LogP contribution in [0.25, 0.3) is 5.57 Å². The van der Waals surface area contributed by atoms with E-state index in [1.165, 1.54) is 4.90 Å². The first-order chi connectivity index (χ1) is 11.6. The van der Waals surface area contributed by atoms with Crippen molar-refractivity contribution in [2.45, 2.75) is 26.2 Å². The molecule has 24 heavy (non-hydrogen) atoms. The average molecular weight is 328 g/mol. The molecule has 0 saturated carbocycles. The maximum Gasteiger partial charge on any atom is 0.277 e. The summed E-state index contributed by atoms with van der Waals surface area (Å²) >= 11 is 0. The third-order valence-corrected chi connectivity index (χ3v) is 4.64. The highest BCUT2D eigenvalue weighted by atomic mass is 16.5. The molecule has 128 valence electrons. The van der Waals surface area contributed by atoms with Gasteiger partial charge in [0.25, 0.3) is 11.8 Å². The summed E-state index contributed by atoms with van der Waals surface area (Å²) in [7, 11) is 1.62. The Morgan fingerprint density at radius 2 is 1.71 bits per heavy atom. The molecule has 0 aliphatic carbocycles. The van der Waals surface area contributed by atoms with Gasteiger partial charge in [-0.2, -0.15) is 0 Å². The van der Waals surface area contributed by atoms with Gasteiger partial charge in [0, 0.05) is 33.4 Å². The molecule has 2 aliphatic rings. The normalized spacial score (nSPS) is 18.2. The second-order valence-corrected chi connectivity index (χ2v) is 6.39. The van der Waals surface area contributed by atoms with E-state index in [9.17, 15) is 9.59 Å². The zero-order valence-electron chi connectivity index (χ0n) is 14.4. The van der Waals surface area contributed by atoms with Crippen molar-refractivity contribution in [2.24, 2.45) is 0 Å². The quantitative estimate of drug-likeness (QED) is 0.593. The Hall–Kier alpha value is -2.14. The topological polar surface area (TPSA) is 49.9 Å². The van der Waals surface area contributed by atoms with Crippen molar-refractivity contribution in [1.82, 2.24) is 9.80 Å². The van der Waals surface area contributed by atoms with Crippen LogP contribution in [-0.4, -0.2) is 55.0 Å². The van der Waals surface area contributed by atoms with Crippen molar-refractivity contribution in [3.63, 3.8) is 0 Å². The molecule has 2 heterocycles. The molecule has 1 fully saturated rings. The number of benzene rings is 1. The van der Waals surface area contributed by atoms with Crippen LogP contribution in [0, 0.1) is 6.92 Å². The fourth-order valence-corrected chi connectivity index (χ4v) is 3.35. The van der Waals surface area contributed by atoms with Crippen LogP contribution in [0.3, 0.4) is 0 Å². The van der Waals surface area contributed by atoms with Crippen LogP contribution in [0.2, 0.25) is 0 Å². The number of aryl methyl sites for hydroxylation is 1. The smallest absolute Gasteiger partial charge is 0.277 e. The van der Waals surface area contributed by atoms with E-state index < -0.39 is 0 Å². The van der Waals surface area contributed by atoms with E-state index in [4.69, 9.17) is 4.74 Å². The lowest BCUT2D eigenvalue weighted by Crippen LogP contribution is -2.35. The molecule has 0 N–H and O–H groups in total. The Morgan fingerprint density at radius 1 is 1.04 bits per heavy atom. The summed E-state index contributed by atoms with van der Waals surface area (Å²) in [6.45, 7) is 4.64. The van der Waals surface area contributed by atoms with Gasteiger partial charge in [0.05, 0.1) is 5.57 Å². The maximum atomic E-state index is 12.9. The predicted molar refractivity (Wildman–Crippen MR) is 92.1 cm³/mol. The lowest BCUT2D eigenvalue weighted by molar-refractivity contribution is -0.137. The lowest BCUT2D eigenvalue weighted by atomic mass is 10.0.